The van der Waals surface area contributed by atoms with Crippen LogP contribution < -0.4 is 5.32 Å². The third-order valence-electron chi connectivity index (χ3n) is 6.61. The normalized spacial score (nSPS) is 11.3. The van der Waals surface area contributed by atoms with E-state index in [1.165, 1.54) is 23.9 Å². The first-order chi connectivity index (χ1) is 19.0. The van der Waals surface area contributed by atoms with Crippen molar-refractivity contribution < 1.29 is 14.3 Å². The van der Waals surface area contributed by atoms with Gasteiger partial charge in [-0.2, -0.15) is 5.10 Å². The largest absolute Gasteiger partial charge is 0.507 e. The second kappa shape index (κ2) is 10.6. The third-order valence-corrected chi connectivity index (χ3v) is 8.27. The summed E-state index contributed by atoms with van der Waals surface area (Å²) in [5.74, 6) is 0.237. The van der Waals surface area contributed by atoms with Crippen LogP contribution in [0, 0.1) is 5.82 Å². The van der Waals surface area contributed by atoms with Gasteiger partial charge in [-0.05, 0) is 68.7 Å². The average molecular weight is 602 g/mol. The Balaban J connectivity index is 1.53. The Morgan fingerprint density at radius 3 is 2.62 bits per heavy atom. The lowest BCUT2D eigenvalue weighted by Gasteiger charge is -2.14. The van der Waals surface area contributed by atoms with Crippen molar-refractivity contribution in [1.29, 1.82) is 0 Å². The second-order valence-corrected chi connectivity index (χ2v) is 10.9. The number of carbonyl (C=O) groups is 1. The summed E-state index contributed by atoms with van der Waals surface area (Å²) in [5.41, 5.74) is 3.12. The lowest BCUT2D eigenvalue weighted by molar-refractivity contribution is 0.102. The molecule has 0 aliphatic heterocycles. The molecule has 0 radical (unpaired) electrons. The van der Waals surface area contributed by atoms with Crippen LogP contribution in [0.3, 0.4) is 0 Å². The predicted octanol–water partition coefficient (Wildman–Crippen LogP) is 7.72. The summed E-state index contributed by atoms with van der Waals surface area (Å²) in [7, 11) is 0. The number of aromatic hydroxyl groups is 1. The number of hydrogen-bond acceptors (Lipinski definition) is 4. The van der Waals surface area contributed by atoms with Gasteiger partial charge in [0.15, 0.2) is 5.82 Å². The lowest BCUT2D eigenvalue weighted by atomic mass is 10.0. The number of H-pyrrole nitrogens is 1. The number of fused-ring (bicyclic) bond motifs is 2. The molecular weight excluding hydrogens is 579 g/mol. The fraction of sp³-hybridized carbons (Fsp3) is 0.0667. The molecular formula is C30H22BrFN4O2S. The molecule has 0 spiro atoms. The molecule has 2 heterocycles. The molecule has 194 valence electrons. The molecule has 9 heteroatoms. The minimum Gasteiger partial charge on any atom is -0.507 e. The molecule has 0 saturated heterocycles. The van der Waals surface area contributed by atoms with Crippen molar-refractivity contribution in [1.82, 2.24) is 14.8 Å². The standard InChI is InChI=1S/C30H22BrFN4O2S/c31-24-15-25-23(14-27(24)37)29(30(38)34-28-12-13-33-35-28)26(17-39-21-10-8-20(32)9-11-21)36(25)16-19-6-3-5-18-4-1-2-7-22(18)19/h1-15,37H,16-17H2,(H2,33,34,35,38). The first-order valence-corrected chi connectivity index (χ1v) is 14.0. The summed E-state index contributed by atoms with van der Waals surface area (Å²) in [6.45, 7) is 0.504. The highest BCUT2D eigenvalue weighted by Gasteiger charge is 2.25. The number of nitrogens with zero attached hydrogens (tertiary/aromatic N) is 2. The van der Waals surface area contributed by atoms with E-state index < -0.39 is 0 Å². The maximum atomic E-state index is 13.7. The molecule has 0 fully saturated rings. The van der Waals surface area contributed by atoms with Crippen molar-refractivity contribution in [2.75, 3.05) is 5.32 Å². The van der Waals surface area contributed by atoms with Crippen LogP contribution in [0.1, 0.15) is 21.6 Å². The monoisotopic (exact) mass is 600 g/mol. The maximum Gasteiger partial charge on any atom is 0.259 e. The van der Waals surface area contributed by atoms with Crippen LogP contribution in [0.2, 0.25) is 0 Å². The van der Waals surface area contributed by atoms with Crippen molar-refractivity contribution in [2.24, 2.45) is 0 Å². The zero-order chi connectivity index (χ0) is 26.9. The molecule has 6 rings (SSSR count). The number of amides is 1. The molecule has 1 amide bonds. The maximum absolute atomic E-state index is 13.7. The first kappa shape index (κ1) is 25.2. The van der Waals surface area contributed by atoms with Crippen LogP contribution >= 0.6 is 27.7 Å². The minimum atomic E-state index is -0.333. The Kier molecular flexibility index (Phi) is 6.85. The number of rotatable bonds is 7. The van der Waals surface area contributed by atoms with Crippen LogP contribution in [0.5, 0.6) is 5.75 Å². The Morgan fingerprint density at radius 2 is 1.82 bits per heavy atom. The van der Waals surface area contributed by atoms with E-state index in [1.54, 1.807) is 30.5 Å². The highest BCUT2D eigenvalue weighted by Crippen LogP contribution is 2.38. The van der Waals surface area contributed by atoms with E-state index in [9.17, 15) is 14.3 Å². The number of thioether (sulfide) groups is 1. The molecule has 0 unspecified atom stereocenters. The Hall–Kier alpha value is -4.08. The van der Waals surface area contributed by atoms with Crippen molar-refractivity contribution in [3.63, 3.8) is 0 Å². The second-order valence-electron chi connectivity index (χ2n) is 9.02. The SMILES string of the molecule is O=C(Nc1cc[nH]n1)c1c(CSc2ccc(F)cc2)n(Cc2cccc3ccccc23)c2cc(Br)c(O)cc12. The predicted molar refractivity (Wildman–Crippen MR) is 157 cm³/mol. The van der Waals surface area contributed by atoms with Gasteiger partial charge in [0, 0.05) is 40.5 Å². The smallest absolute Gasteiger partial charge is 0.259 e. The van der Waals surface area contributed by atoms with E-state index in [-0.39, 0.29) is 17.5 Å². The molecule has 0 aliphatic carbocycles. The summed E-state index contributed by atoms with van der Waals surface area (Å²) in [5, 5.41) is 23.1. The Labute approximate surface area is 236 Å². The molecule has 2 aromatic heterocycles. The quantitative estimate of drug-likeness (QED) is 0.164. The van der Waals surface area contributed by atoms with Crippen molar-refractivity contribution >= 4 is 61.1 Å². The van der Waals surface area contributed by atoms with Crippen molar-refractivity contribution in [3.8, 4) is 5.75 Å². The fourth-order valence-corrected chi connectivity index (χ4v) is 6.05. The molecule has 6 nitrogen and oxygen atoms in total. The van der Waals surface area contributed by atoms with E-state index in [2.05, 4.69) is 60.3 Å². The zero-order valence-corrected chi connectivity index (χ0v) is 22.9. The molecule has 39 heavy (non-hydrogen) atoms. The van der Waals surface area contributed by atoms with Gasteiger partial charge >= 0.3 is 0 Å². The van der Waals surface area contributed by atoms with Gasteiger partial charge in [-0.3, -0.25) is 9.89 Å². The van der Waals surface area contributed by atoms with Gasteiger partial charge in [-0.1, -0.05) is 42.5 Å². The van der Waals surface area contributed by atoms with Crippen LogP contribution in [-0.4, -0.2) is 25.8 Å². The number of anilines is 1. The van der Waals surface area contributed by atoms with Gasteiger partial charge in [0.25, 0.3) is 5.91 Å². The molecule has 0 saturated carbocycles. The number of halogens is 2. The molecule has 3 N–H and O–H groups in total. The lowest BCUT2D eigenvalue weighted by Crippen LogP contribution is -2.15. The Bertz CT molecular complexity index is 1810. The summed E-state index contributed by atoms with van der Waals surface area (Å²) < 4.78 is 16.2. The minimum absolute atomic E-state index is 0.0383. The number of aromatic nitrogens is 3. The number of aromatic amines is 1. The molecule has 0 atom stereocenters. The topological polar surface area (TPSA) is 82.9 Å². The van der Waals surface area contributed by atoms with E-state index in [0.717, 1.165) is 32.4 Å². The van der Waals surface area contributed by atoms with Gasteiger partial charge in [0.2, 0.25) is 0 Å². The zero-order valence-electron chi connectivity index (χ0n) is 20.5. The summed E-state index contributed by atoms with van der Waals surface area (Å²) in [6.07, 6.45) is 1.63. The molecule has 0 aliphatic rings. The van der Waals surface area contributed by atoms with Crippen LogP contribution in [0.4, 0.5) is 10.2 Å². The third kappa shape index (κ3) is 5.03. The number of phenolic OH excluding ortho intramolecular Hbond substituents is 1. The van der Waals surface area contributed by atoms with E-state index in [0.29, 0.717) is 33.5 Å². The number of carbonyl (C=O) groups excluding carboxylic acids is 1. The first-order valence-electron chi connectivity index (χ1n) is 12.2. The average Bonchev–Trinajstić information content (AvgIpc) is 3.55. The summed E-state index contributed by atoms with van der Waals surface area (Å²) >= 11 is 4.97. The van der Waals surface area contributed by atoms with Gasteiger partial charge < -0.3 is 15.0 Å². The van der Waals surface area contributed by atoms with Crippen LogP contribution in [-0.2, 0) is 12.3 Å². The highest BCUT2D eigenvalue weighted by atomic mass is 79.9. The van der Waals surface area contributed by atoms with E-state index >= 15 is 0 Å². The van der Waals surface area contributed by atoms with Crippen molar-refractivity contribution in [2.45, 2.75) is 17.2 Å². The summed E-state index contributed by atoms with van der Waals surface area (Å²) in [4.78, 5) is 14.6. The number of hydrogen-bond donors (Lipinski definition) is 3. The van der Waals surface area contributed by atoms with Crippen LogP contribution in [0.25, 0.3) is 21.7 Å². The van der Waals surface area contributed by atoms with Gasteiger partial charge in [-0.15, -0.1) is 11.8 Å². The molecule has 6 aromatic rings. The number of phenols is 1. The van der Waals surface area contributed by atoms with Crippen LogP contribution in [0.15, 0.2) is 100 Å². The molecule has 4 aromatic carbocycles. The molecule has 0 bridgehead atoms. The Morgan fingerprint density at radius 1 is 1.03 bits per heavy atom. The number of nitrogens with one attached hydrogen (secondary N) is 2. The van der Waals surface area contributed by atoms with Gasteiger partial charge in [-0.25, -0.2) is 4.39 Å². The van der Waals surface area contributed by atoms with E-state index in [4.69, 9.17) is 0 Å². The summed E-state index contributed by atoms with van der Waals surface area (Å²) in [6, 6.07) is 25.8. The van der Waals surface area contributed by atoms with Crippen molar-refractivity contribution in [3.05, 3.63) is 118 Å². The number of benzene rings is 4. The van der Waals surface area contributed by atoms with E-state index in [1.807, 2.05) is 24.3 Å². The fourth-order valence-electron chi connectivity index (χ4n) is 4.79. The highest BCUT2D eigenvalue weighted by molar-refractivity contribution is 9.10. The van der Waals surface area contributed by atoms with Gasteiger partial charge in [0.05, 0.1) is 15.6 Å². The van der Waals surface area contributed by atoms with Gasteiger partial charge in [0.1, 0.15) is 11.6 Å².